The predicted octanol–water partition coefficient (Wildman–Crippen LogP) is 0.759. The van der Waals surface area contributed by atoms with E-state index in [-0.39, 0.29) is 23.4 Å². The topological polar surface area (TPSA) is 108 Å². The predicted molar refractivity (Wildman–Crippen MR) is 66.3 cm³/mol. The van der Waals surface area contributed by atoms with Gasteiger partial charge in [-0.1, -0.05) is 6.07 Å². The molecule has 0 radical (unpaired) electrons. The van der Waals surface area contributed by atoms with Crippen molar-refractivity contribution < 1.29 is 9.90 Å². The Labute approximate surface area is 103 Å². The SMILES string of the molecule is CCN(C(=O)c1nc(N)n[nH]1)c1cccc(O)c1. The molecule has 0 aliphatic heterocycles. The molecule has 0 aliphatic carbocycles. The van der Waals surface area contributed by atoms with Crippen LogP contribution in [-0.2, 0) is 0 Å². The van der Waals surface area contributed by atoms with Crippen molar-refractivity contribution in [2.24, 2.45) is 0 Å². The van der Waals surface area contributed by atoms with Crippen LogP contribution in [0.3, 0.4) is 0 Å². The summed E-state index contributed by atoms with van der Waals surface area (Å²) < 4.78 is 0. The van der Waals surface area contributed by atoms with Crippen LogP contribution in [0, 0.1) is 0 Å². The Morgan fingerprint density at radius 2 is 2.33 bits per heavy atom. The molecule has 0 saturated carbocycles. The average molecular weight is 247 g/mol. The van der Waals surface area contributed by atoms with Crippen LogP contribution in [0.4, 0.5) is 11.6 Å². The number of phenols is 1. The molecule has 1 amide bonds. The van der Waals surface area contributed by atoms with Gasteiger partial charge in [-0.3, -0.25) is 9.89 Å². The van der Waals surface area contributed by atoms with Crippen molar-refractivity contribution in [3.05, 3.63) is 30.1 Å². The molecule has 94 valence electrons. The Kier molecular flexibility index (Phi) is 3.13. The van der Waals surface area contributed by atoms with E-state index in [1.807, 2.05) is 6.92 Å². The number of H-pyrrole nitrogens is 1. The summed E-state index contributed by atoms with van der Waals surface area (Å²) in [5.41, 5.74) is 5.94. The Morgan fingerprint density at radius 3 is 2.89 bits per heavy atom. The molecule has 0 unspecified atom stereocenters. The fourth-order valence-electron chi connectivity index (χ4n) is 1.60. The molecule has 0 atom stereocenters. The van der Waals surface area contributed by atoms with E-state index < -0.39 is 0 Å². The smallest absolute Gasteiger partial charge is 0.295 e. The van der Waals surface area contributed by atoms with Crippen LogP contribution in [0.2, 0.25) is 0 Å². The fourth-order valence-corrected chi connectivity index (χ4v) is 1.60. The standard InChI is InChI=1S/C11H13N5O2/c1-2-16(7-4-3-5-8(17)6-7)10(18)9-13-11(12)15-14-9/h3-6,17H,2H2,1H3,(H3,12,13,14,15). The van der Waals surface area contributed by atoms with Gasteiger partial charge in [-0.15, -0.1) is 5.10 Å². The third kappa shape index (κ3) is 2.24. The maximum atomic E-state index is 12.2. The van der Waals surface area contributed by atoms with Crippen molar-refractivity contribution in [1.82, 2.24) is 15.2 Å². The lowest BCUT2D eigenvalue weighted by molar-refractivity contribution is 0.0979. The van der Waals surface area contributed by atoms with Gasteiger partial charge in [0.1, 0.15) is 5.75 Å². The fraction of sp³-hybridized carbons (Fsp3) is 0.182. The van der Waals surface area contributed by atoms with Gasteiger partial charge in [0.2, 0.25) is 11.8 Å². The van der Waals surface area contributed by atoms with Gasteiger partial charge in [0.15, 0.2) is 0 Å². The second-order valence-corrected chi connectivity index (χ2v) is 3.61. The quantitative estimate of drug-likeness (QED) is 0.742. The summed E-state index contributed by atoms with van der Waals surface area (Å²) in [7, 11) is 0. The van der Waals surface area contributed by atoms with Gasteiger partial charge < -0.3 is 15.7 Å². The first-order chi connectivity index (χ1) is 8.61. The summed E-state index contributed by atoms with van der Waals surface area (Å²) >= 11 is 0. The number of nitrogens with one attached hydrogen (secondary N) is 1. The molecule has 7 nitrogen and oxygen atoms in total. The number of nitrogens with two attached hydrogens (primary N) is 1. The van der Waals surface area contributed by atoms with Crippen molar-refractivity contribution in [2.75, 3.05) is 17.2 Å². The molecular formula is C11H13N5O2. The number of carbonyl (C=O) groups is 1. The Morgan fingerprint density at radius 1 is 1.56 bits per heavy atom. The number of nitrogen functional groups attached to an aromatic ring is 1. The Balaban J connectivity index is 2.31. The van der Waals surface area contributed by atoms with E-state index in [4.69, 9.17) is 5.73 Å². The molecule has 4 N–H and O–H groups in total. The second kappa shape index (κ2) is 4.74. The van der Waals surface area contributed by atoms with Crippen LogP contribution in [0.25, 0.3) is 0 Å². The number of phenolic OH excluding ortho intramolecular Hbond substituents is 1. The van der Waals surface area contributed by atoms with E-state index in [2.05, 4.69) is 15.2 Å². The first-order valence-electron chi connectivity index (χ1n) is 5.40. The third-order valence-corrected chi connectivity index (χ3v) is 2.41. The molecule has 1 heterocycles. The number of hydrogen-bond donors (Lipinski definition) is 3. The van der Waals surface area contributed by atoms with Gasteiger partial charge in [0, 0.05) is 18.3 Å². The number of amides is 1. The van der Waals surface area contributed by atoms with E-state index in [1.165, 1.54) is 17.0 Å². The van der Waals surface area contributed by atoms with E-state index in [0.717, 1.165) is 0 Å². The number of rotatable bonds is 3. The zero-order valence-electron chi connectivity index (χ0n) is 9.79. The van der Waals surface area contributed by atoms with Crippen LogP contribution in [-0.4, -0.2) is 32.7 Å². The van der Waals surface area contributed by atoms with E-state index in [9.17, 15) is 9.90 Å². The number of anilines is 2. The Bertz CT molecular complexity index is 566. The zero-order valence-corrected chi connectivity index (χ0v) is 9.79. The molecule has 2 rings (SSSR count). The lowest BCUT2D eigenvalue weighted by Crippen LogP contribution is -2.31. The van der Waals surface area contributed by atoms with Gasteiger partial charge >= 0.3 is 0 Å². The van der Waals surface area contributed by atoms with Crippen LogP contribution in [0.15, 0.2) is 24.3 Å². The third-order valence-electron chi connectivity index (χ3n) is 2.41. The van der Waals surface area contributed by atoms with Gasteiger partial charge in [-0.2, -0.15) is 4.98 Å². The minimum atomic E-state index is -0.354. The van der Waals surface area contributed by atoms with Gasteiger partial charge in [0.05, 0.1) is 0 Å². The van der Waals surface area contributed by atoms with Gasteiger partial charge in [0.25, 0.3) is 5.91 Å². The highest BCUT2D eigenvalue weighted by atomic mass is 16.3. The number of aromatic nitrogens is 3. The molecular weight excluding hydrogens is 234 g/mol. The maximum absolute atomic E-state index is 12.2. The lowest BCUT2D eigenvalue weighted by Gasteiger charge is -2.19. The summed E-state index contributed by atoms with van der Waals surface area (Å²) in [6.07, 6.45) is 0. The highest BCUT2D eigenvalue weighted by Gasteiger charge is 2.19. The summed E-state index contributed by atoms with van der Waals surface area (Å²) in [5, 5.41) is 15.5. The normalized spacial score (nSPS) is 10.3. The van der Waals surface area contributed by atoms with Crippen molar-refractivity contribution in [3.8, 4) is 5.75 Å². The van der Waals surface area contributed by atoms with Crippen LogP contribution < -0.4 is 10.6 Å². The van der Waals surface area contributed by atoms with Crippen molar-refractivity contribution in [2.45, 2.75) is 6.92 Å². The molecule has 0 bridgehead atoms. The van der Waals surface area contributed by atoms with Gasteiger partial charge in [-0.25, -0.2) is 0 Å². The minimum Gasteiger partial charge on any atom is -0.508 e. The van der Waals surface area contributed by atoms with Gasteiger partial charge in [-0.05, 0) is 19.1 Å². The summed E-state index contributed by atoms with van der Waals surface area (Å²) in [5.74, 6) is -0.175. The van der Waals surface area contributed by atoms with Crippen LogP contribution in [0.5, 0.6) is 5.75 Å². The molecule has 0 aliphatic rings. The minimum absolute atomic E-state index is 0.0188. The lowest BCUT2D eigenvalue weighted by atomic mass is 10.2. The number of carbonyl (C=O) groups excluding carboxylic acids is 1. The van der Waals surface area contributed by atoms with E-state index in [0.29, 0.717) is 12.2 Å². The van der Waals surface area contributed by atoms with E-state index >= 15 is 0 Å². The number of aromatic hydroxyl groups is 1. The Hall–Kier alpha value is -2.57. The second-order valence-electron chi connectivity index (χ2n) is 3.61. The van der Waals surface area contributed by atoms with E-state index in [1.54, 1.807) is 12.1 Å². The summed E-state index contributed by atoms with van der Waals surface area (Å²) in [6.45, 7) is 2.25. The largest absolute Gasteiger partial charge is 0.508 e. The molecule has 1 aromatic heterocycles. The highest BCUT2D eigenvalue weighted by Crippen LogP contribution is 2.21. The highest BCUT2D eigenvalue weighted by molar-refractivity contribution is 6.03. The molecule has 1 aromatic carbocycles. The molecule has 18 heavy (non-hydrogen) atoms. The summed E-state index contributed by atoms with van der Waals surface area (Å²) in [4.78, 5) is 17.4. The molecule has 2 aromatic rings. The zero-order chi connectivity index (χ0) is 13.1. The van der Waals surface area contributed by atoms with Crippen molar-refractivity contribution >= 4 is 17.5 Å². The monoisotopic (exact) mass is 247 g/mol. The summed E-state index contributed by atoms with van der Waals surface area (Å²) in [6, 6.07) is 6.42. The van der Waals surface area contributed by atoms with Crippen molar-refractivity contribution in [3.63, 3.8) is 0 Å². The van der Waals surface area contributed by atoms with Crippen molar-refractivity contribution in [1.29, 1.82) is 0 Å². The number of aromatic amines is 1. The van der Waals surface area contributed by atoms with Crippen LogP contribution >= 0.6 is 0 Å². The molecule has 0 spiro atoms. The molecule has 0 fully saturated rings. The van der Waals surface area contributed by atoms with Crippen LogP contribution in [0.1, 0.15) is 17.5 Å². The number of benzene rings is 1. The number of hydrogen-bond acceptors (Lipinski definition) is 5. The molecule has 0 saturated heterocycles. The first-order valence-corrected chi connectivity index (χ1v) is 5.40. The first kappa shape index (κ1) is 11.9. The average Bonchev–Trinajstić information content (AvgIpc) is 2.77. The number of nitrogens with zero attached hydrogens (tertiary/aromatic N) is 3. The molecule has 7 heteroatoms. The maximum Gasteiger partial charge on any atom is 0.295 e.